The van der Waals surface area contributed by atoms with Crippen molar-refractivity contribution in [3.63, 3.8) is 0 Å². The van der Waals surface area contributed by atoms with Crippen molar-refractivity contribution in [2.75, 3.05) is 13.1 Å². The first-order chi connectivity index (χ1) is 13.0. The van der Waals surface area contributed by atoms with E-state index in [1.807, 2.05) is 0 Å². The second-order valence-electron chi connectivity index (χ2n) is 6.59. The first kappa shape index (κ1) is 24.1. The maximum absolute atomic E-state index is 12.7. The van der Waals surface area contributed by atoms with Gasteiger partial charge in [-0.3, -0.25) is 9.59 Å². The van der Waals surface area contributed by atoms with E-state index >= 15 is 0 Å². The summed E-state index contributed by atoms with van der Waals surface area (Å²) in [5.74, 6) is -2.25. The number of carboxylic acids is 1. The average molecular weight is 442 g/mol. The quantitative estimate of drug-likeness (QED) is 0.211. The number of hydrogen-bond donors (Lipinski definition) is 4. The summed E-state index contributed by atoms with van der Waals surface area (Å²) in [5, 5.41) is 19.5. The standard InChI is InChI=1S/C17H28N6O4.Cu/c18-6-2-1-4-13(17(26)27)22-16(25)14(8-11-9-19-10-21-11)23-15(24)12-5-3-7-20-12;/h9-10,12-14,20H,1-8,18H2,(H4,19,21,22,23,24,25,26,27);/q;+2/p-2/t12-,13-,14-;/m0./s1. The number of carbonyl (C=O) groups excluding carboxylic acids is 3. The monoisotopic (exact) mass is 441 g/mol. The van der Waals surface area contributed by atoms with E-state index in [2.05, 4.69) is 25.9 Å². The van der Waals surface area contributed by atoms with E-state index in [1.54, 1.807) is 0 Å². The third-order valence-electron chi connectivity index (χ3n) is 4.48. The van der Waals surface area contributed by atoms with E-state index < -0.39 is 24.0 Å². The van der Waals surface area contributed by atoms with Crippen LogP contribution < -0.4 is 31.8 Å². The van der Waals surface area contributed by atoms with Gasteiger partial charge >= 0.3 is 17.1 Å². The van der Waals surface area contributed by atoms with Crippen LogP contribution in [-0.4, -0.2) is 54.0 Å². The molecule has 3 atom stereocenters. The number of carbonyl (C=O) groups is 3. The van der Waals surface area contributed by atoms with Crippen LogP contribution >= 0.6 is 0 Å². The molecule has 10 nitrogen and oxygen atoms in total. The largest absolute Gasteiger partial charge is 2.00 e. The third kappa shape index (κ3) is 7.59. The summed E-state index contributed by atoms with van der Waals surface area (Å²) in [5.41, 5.74) is 5.94. The van der Waals surface area contributed by atoms with Crippen molar-refractivity contribution in [2.24, 2.45) is 5.73 Å². The van der Waals surface area contributed by atoms with Crippen LogP contribution in [0.2, 0.25) is 0 Å². The van der Waals surface area contributed by atoms with Crippen LogP contribution in [0.3, 0.4) is 0 Å². The Morgan fingerprint density at radius 2 is 2.11 bits per heavy atom. The van der Waals surface area contributed by atoms with E-state index in [0.717, 1.165) is 13.0 Å². The van der Waals surface area contributed by atoms with Gasteiger partial charge in [-0.05, 0) is 51.6 Å². The Kier molecular flexibility index (Phi) is 10.8. The molecule has 0 saturated carbocycles. The number of nitrogens with zero attached hydrogens (tertiary/aromatic N) is 2. The number of amides is 2. The number of imidazole rings is 1. The van der Waals surface area contributed by atoms with Crippen molar-refractivity contribution in [2.45, 2.75) is 56.7 Å². The Morgan fingerprint density at radius 1 is 1.32 bits per heavy atom. The zero-order valence-electron chi connectivity index (χ0n) is 15.4. The maximum Gasteiger partial charge on any atom is 2.00 e. The Hall–Kier alpha value is -1.94. The van der Waals surface area contributed by atoms with Gasteiger partial charge in [0.15, 0.2) is 0 Å². The minimum atomic E-state index is -1.36. The fourth-order valence-corrected chi connectivity index (χ4v) is 2.98. The molecule has 0 unspecified atom stereocenters. The average Bonchev–Trinajstić information content (AvgIpc) is 3.33. The zero-order chi connectivity index (χ0) is 19.6. The fraction of sp³-hybridized carbons (Fsp3) is 0.647. The molecule has 1 aliphatic rings. The van der Waals surface area contributed by atoms with Gasteiger partial charge in [0.05, 0.1) is 18.1 Å². The minimum Gasteiger partial charge on any atom is -0.548 e. The topological polar surface area (TPSA) is 163 Å². The predicted molar refractivity (Wildman–Crippen MR) is 94.1 cm³/mol. The number of nitrogens with one attached hydrogen (secondary N) is 3. The van der Waals surface area contributed by atoms with E-state index in [-0.39, 0.29) is 41.9 Å². The van der Waals surface area contributed by atoms with Gasteiger partial charge in [-0.2, -0.15) is 0 Å². The predicted octanol–water partition coefficient (Wildman–Crippen LogP) is -2.82. The second kappa shape index (κ2) is 12.5. The van der Waals surface area contributed by atoms with Crippen molar-refractivity contribution in [3.8, 4) is 0 Å². The molecule has 0 bridgehead atoms. The summed E-state index contributed by atoms with van der Waals surface area (Å²) in [4.78, 5) is 44.2. The van der Waals surface area contributed by atoms with E-state index in [0.29, 0.717) is 31.5 Å². The molecule has 1 aromatic heterocycles. The summed E-state index contributed by atoms with van der Waals surface area (Å²) in [6.07, 6.45) is 5.95. The molecule has 1 radical (unpaired) electrons. The molecule has 159 valence electrons. The fourth-order valence-electron chi connectivity index (χ4n) is 2.98. The van der Waals surface area contributed by atoms with Crippen molar-refractivity contribution in [1.82, 2.24) is 25.9 Å². The van der Waals surface area contributed by atoms with Gasteiger partial charge in [-0.1, -0.05) is 18.2 Å². The van der Waals surface area contributed by atoms with Gasteiger partial charge in [0.1, 0.15) is 6.04 Å². The number of unbranched alkanes of at least 4 members (excludes halogenated alkanes) is 1. The number of hydrogen-bond acceptors (Lipinski definition) is 7. The van der Waals surface area contributed by atoms with Crippen molar-refractivity contribution in [1.29, 1.82) is 0 Å². The first-order valence-corrected chi connectivity index (χ1v) is 9.18. The Bertz CT molecular complexity index is 621. The van der Waals surface area contributed by atoms with Crippen molar-refractivity contribution < 1.29 is 36.6 Å². The SMILES string of the molecule is NCCCC[C@H](NC(=O)[C@H](Cc1c[n-]cn1)NC(=O)[C@@H]1CCCN1)C(=O)[O-].[Cu+2]. The molecule has 1 aromatic rings. The van der Waals surface area contributed by atoms with Gasteiger partial charge in [0.25, 0.3) is 0 Å². The van der Waals surface area contributed by atoms with Gasteiger partial charge in [0.2, 0.25) is 11.8 Å². The van der Waals surface area contributed by atoms with Gasteiger partial charge in [0, 0.05) is 0 Å². The number of carboxylic acid groups (broad SMARTS) is 1. The number of aromatic nitrogens is 2. The van der Waals surface area contributed by atoms with Crippen molar-refractivity contribution >= 4 is 17.8 Å². The molecule has 1 fully saturated rings. The number of nitrogens with two attached hydrogens (primary N) is 1. The van der Waals surface area contributed by atoms with Gasteiger partial charge < -0.3 is 41.6 Å². The summed E-state index contributed by atoms with van der Waals surface area (Å²) in [7, 11) is 0. The van der Waals surface area contributed by atoms with Crippen LogP contribution in [-0.2, 0) is 37.9 Å². The summed E-state index contributed by atoms with van der Waals surface area (Å²) in [6, 6.07) is -2.45. The molecule has 11 heteroatoms. The van der Waals surface area contributed by atoms with Crippen LogP contribution in [0.15, 0.2) is 12.5 Å². The smallest absolute Gasteiger partial charge is 0.548 e. The molecular formula is C17H26CuN6O4. The molecule has 0 aliphatic carbocycles. The number of rotatable bonds is 11. The second-order valence-corrected chi connectivity index (χ2v) is 6.59. The first-order valence-electron chi connectivity index (χ1n) is 9.18. The van der Waals surface area contributed by atoms with E-state index in [4.69, 9.17) is 5.73 Å². The maximum atomic E-state index is 12.7. The molecule has 28 heavy (non-hydrogen) atoms. The molecule has 2 rings (SSSR count). The third-order valence-corrected chi connectivity index (χ3v) is 4.48. The molecule has 1 saturated heterocycles. The van der Waals surface area contributed by atoms with E-state index in [1.165, 1.54) is 12.5 Å². The minimum absolute atomic E-state index is 0. The Balaban J connectivity index is 0.00000392. The normalized spacial score (nSPS) is 18.0. The van der Waals surface area contributed by atoms with Crippen LogP contribution in [0, 0.1) is 0 Å². The Labute approximate surface area is 174 Å². The molecular weight excluding hydrogens is 416 g/mol. The number of aliphatic carboxylic acids is 1. The molecule has 2 amide bonds. The molecule has 1 aliphatic heterocycles. The van der Waals surface area contributed by atoms with Crippen LogP contribution in [0.5, 0.6) is 0 Å². The van der Waals surface area contributed by atoms with E-state index in [9.17, 15) is 19.5 Å². The summed E-state index contributed by atoms with van der Waals surface area (Å²) < 4.78 is 0. The van der Waals surface area contributed by atoms with Crippen LogP contribution in [0.4, 0.5) is 0 Å². The molecule has 0 spiro atoms. The Morgan fingerprint density at radius 3 is 2.68 bits per heavy atom. The van der Waals surface area contributed by atoms with Crippen molar-refractivity contribution in [3.05, 3.63) is 18.2 Å². The van der Waals surface area contributed by atoms with Crippen LogP contribution in [0.25, 0.3) is 0 Å². The van der Waals surface area contributed by atoms with Gasteiger partial charge in [-0.25, -0.2) is 0 Å². The summed E-state index contributed by atoms with van der Waals surface area (Å²) >= 11 is 0. The molecule has 0 aromatic carbocycles. The molecule has 2 heterocycles. The molecule has 5 N–H and O–H groups in total. The van der Waals surface area contributed by atoms with Gasteiger partial charge in [-0.15, -0.1) is 0 Å². The van der Waals surface area contributed by atoms with Crippen LogP contribution in [0.1, 0.15) is 37.8 Å². The summed E-state index contributed by atoms with van der Waals surface area (Å²) in [6.45, 7) is 1.19. The zero-order valence-corrected chi connectivity index (χ0v) is 16.4.